The van der Waals surface area contributed by atoms with Crippen molar-refractivity contribution < 1.29 is 27.8 Å². The van der Waals surface area contributed by atoms with Gasteiger partial charge in [-0.1, -0.05) is 0 Å². The number of rotatable bonds is 6. The normalized spacial score (nSPS) is 10.4. The average Bonchev–Trinajstić information content (AvgIpc) is 2.26. The summed E-state index contributed by atoms with van der Waals surface area (Å²) in [5.41, 5.74) is 0.505. The second-order valence-corrected chi connectivity index (χ2v) is 3.84. The van der Waals surface area contributed by atoms with E-state index in [2.05, 4.69) is 4.74 Å². The molecule has 0 aromatic heterocycles. The molecule has 0 aliphatic heterocycles. The van der Waals surface area contributed by atoms with Crippen molar-refractivity contribution in [3.05, 3.63) is 29.3 Å². The van der Waals surface area contributed by atoms with Gasteiger partial charge < -0.3 is 9.47 Å². The maximum absolute atomic E-state index is 12.2. The van der Waals surface area contributed by atoms with Crippen LogP contribution in [0.4, 0.5) is 8.78 Å². The average molecular weight is 272 g/mol. The van der Waals surface area contributed by atoms with E-state index < -0.39 is 12.6 Å². The van der Waals surface area contributed by atoms with Crippen molar-refractivity contribution in [2.24, 2.45) is 0 Å². The molecule has 19 heavy (non-hydrogen) atoms. The van der Waals surface area contributed by atoms with Gasteiger partial charge in [0.1, 0.15) is 11.5 Å². The number of alkyl halides is 2. The molecule has 0 saturated heterocycles. The number of Topliss-reactive ketones (excluding diaryl/α,β-unsaturated/α-hetero) is 1. The molecule has 4 nitrogen and oxygen atoms in total. The summed E-state index contributed by atoms with van der Waals surface area (Å²) in [6.07, 6.45) is 0.0346. The molecule has 0 radical (unpaired) electrons. The van der Waals surface area contributed by atoms with Gasteiger partial charge in [0, 0.05) is 6.42 Å². The van der Waals surface area contributed by atoms with Gasteiger partial charge in [0.15, 0.2) is 0 Å². The molecule has 1 rings (SSSR count). The Hall–Kier alpha value is -1.98. The summed E-state index contributed by atoms with van der Waals surface area (Å²) in [5, 5.41) is 0. The second-order valence-electron chi connectivity index (χ2n) is 3.84. The van der Waals surface area contributed by atoms with Crippen LogP contribution in [-0.4, -0.2) is 25.0 Å². The first-order valence-electron chi connectivity index (χ1n) is 5.67. The van der Waals surface area contributed by atoms with E-state index in [9.17, 15) is 18.4 Å². The molecular formula is C13H14F2O4. The van der Waals surface area contributed by atoms with E-state index in [0.29, 0.717) is 5.56 Å². The van der Waals surface area contributed by atoms with Gasteiger partial charge in [-0.2, -0.15) is 8.78 Å². The minimum absolute atomic E-state index is 0.0346. The lowest BCUT2D eigenvalue weighted by Crippen LogP contribution is -2.09. The molecule has 0 amide bonds. The zero-order valence-electron chi connectivity index (χ0n) is 10.6. The Bertz CT molecular complexity index is 472. The van der Waals surface area contributed by atoms with Gasteiger partial charge in [0.2, 0.25) is 0 Å². The summed E-state index contributed by atoms with van der Waals surface area (Å²) < 4.78 is 33.4. The second kappa shape index (κ2) is 6.82. The Morgan fingerprint density at radius 2 is 1.95 bits per heavy atom. The third-order valence-corrected chi connectivity index (χ3v) is 2.16. The number of benzene rings is 1. The fourth-order valence-electron chi connectivity index (χ4n) is 1.55. The zero-order valence-corrected chi connectivity index (χ0v) is 10.6. The number of carbonyl (C=O) groups is 2. The first-order chi connectivity index (χ1) is 8.92. The smallest absolute Gasteiger partial charge is 0.387 e. The monoisotopic (exact) mass is 272 g/mol. The van der Waals surface area contributed by atoms with E-state index in [-0.39, 0.29) is 30.1 Å². The van der Waals surface area contributed by atoms with Crippen molar-refractivity contribution in [1.82, 2.24) is 0 Å². The van der Waals surface area contributed by atoms with Crippen LogP contribution >= 0.6 is 0 Å². The van der Waals surface area contributed by atoms with Gasteiger partial charge in [0.25, 0.3) is 0 Å². The Morgan fingerprint density at radius 3 is 2.47 bits per heavy atom. The van der Waals surface area contributed by atoms with Crippen LogP contribution in [0.1, 0.15) is 29.8 Å². The molecule has 0 unspecified atom stereocenters. The zero-order chi connectivity index (χ0) is 14.4. The highest BCUT2D eigenvalue weighted by atomic mass is 19.3. The van der Waals surface area contributed by atoms with Gasteiger partial charge in [-0.05, 0) is 37.6 Å². The van der Waals surface area contributed by atoms with Gasteiger partial charge in [-0.25, -0.2) is 4.79 Å². The van der Waals surface area contributed by atoms with E-state index in [0.717, 1.165) is 6.07 Å². The minimum atomic E-state index is -3.00. The molecule has 0 aliphatic rings. The van der Waals surface area contributed by atoms with Crippen molar-refractivity contribution in [1.29, 1.82) is 0 Å². The first-order valence-corrected chi connectivity index (χ1v) is 5.67. The fraction of sp³-hybridized carbons (Fsp3) is 0.385. The van der Waals surface area contributed by atoms with Crippen LogP contribution in [0.3, 0.4) is 0 Å². The summed E-state index contributed by atoms with van der Waals surface area (Å²) in [5.74, 6) is -0.965. The van der Waals surface area contributed by atoms with Gasteiger partial charge in [-0.3, -0.25) is 4.79 Å². The van der Waals surface area contributed by atoms with E-state index >= 15 is 0 Å². The highest BCUT2D eigenvalue weighted by Crippen LogP contribution is 2.20. The van der Waals surface area contributed by atoms with Gasteiger partial charge >= 0.3 is 12.6 Å². The highest BCUT2D eigenvalue weighted by molar-refractivity contribution is 5.90. The van der Waals surface area contributed by atoms with Crippen molar-refractivity contribution in [3.63, 3.8) is 0 Å². The quantitative estimate of drug-likeness (QED) is 0.747. The molecule has 0 heterocycles. The van der Waals surface area contributed by atoms with Gasteiger partial charge in [0.05, 0.1) is 12.2 Å². The summed E-state index contributed by atoms with van der Waals surface area (Å²) in [4.78, 5) is 22.6. The van der Waals surface area contributed by atoms with Crippen molar-refractivity contribution in [2.75, 3.05) is 6.61 Å². The minimum Gasteiger partial charge on any atom is -0.462 e. The van der Waals surface area contributed by atoms with Crippen LogP contribution in [-0.2, 0) is 16.0 Å². The number of hydrogen-bond acceptors (Lipinski definition) is 4. The Morgan fingerprint density at radius 1 is 1.26 bits per heavy atom. The van der Waals surface area contributed by atoms with Crippen LogP contribution in [0.5, 0.6) is 5.75 Å². The molecule has 0 fully saturated rings. The van der Waals surface area contributed by atoms with E-state index in [1.165, 1.54) is 19.1 Å². The highest BCUT2D eigenvalue weighted by Gasteiger charge is 2.13. The molecule has 1 aromatic carbocycles. The maximum atomic E-state index is 12.2. The topological polar surface area (TPSA) is 52.6 Å². The van der Waals surface area contributed by atoms with E-state index in [4.69, 9.17) is 4.74 Å². The molecule has 0 saturated carbocycles. The lowest BCUT2D eigenvalue weighted by atomic mass is 10.1. The first kappa shape index (κ1) is 15.1. The van der Waals surface area contributed by atoms with E-state index in [1.54, 1.807) is 6.92 Å². The number of hydrogen-bond donors (Lipinski definition) is 0. The lowest BCUT2D eigenvalue weighted by Gasteiger charge is -2.09. The Labute approximate surface area is 109 Å². The van der Waals surface area contributed by atoms with Crippen molar-refractivity contribution in [2.45, 2.75) is 26.9 Å². The van der Waals surface area contributed by atoms with Crippen molar-refractivity contribution >= 4 is 11.8 Å². The number of esters is 1. The predicted molar refractivity (Wildman–Crippen MR) is 63.4 cm³/mol. The molecule has 104 valence electrons. The Kier molecular flexibility index (Phi) is 5.41. The molecular weight excluding hydrogens is 258 g/mol. The van der Waals surface area contributed by atoms with E-state index in [1.807, 2.05) is 0 Å². The standard InChI is InChI=1S/C13H14F2O4/c1-3-18-12(17)10-5-9(4-8(2)16)6-11(7-10)19-13(14)15/h5-7,13H,3-4H2,1-2H3. The van der Waals surface area contributed by atoms with Gasteiger partial charge in [-0.15, -0.1) is 0 Å². The molecule has 0 atom stereocenters. The van der Waals surface area contributed by atoms with Crippen LogP contribution < -0.4 is 4.74 Å². The van der Waals surface area contributed by atoms with Crippen molar-refractivity contribution in [3.8, 4) is 5.75 Å². The summed E-state index contributed by atoms with van der Waals surface area (Å²) >= 11 is 0. The number of ether oxygens (including phenoxy) is 2. The predicted octanol–water partition coefficient (Wildman–Crippen LogP) is 2.60. The summed E-state index contributed by atoms with van der Waals surface area (Å²) in [7, 11) is 0. The number of halogens is 2. The SMILES string of the molecule is CCOC(=O)c1cc(CC(C)=O)cc(OC(F)F)c1. The largest absolute Gasteiger partial charge is 0.462 e. The Balaban J connectivity index is 3.07. The lowest BCUT2D eigenvalue weighted by molar-refractivity contribution is -0.116. The molecule has 6 heteroatoms. The molecule has 0 N–H and O–H groups in total. The summed E-state index contributed by atoms with van der Waals surface area (Å²) in [6, 6.07) is 3.89. The third-order valence-electron chi connectivity index (χ3n) is 2.16. The molecule has 1 aromatic rings. The molecule has 0 bridgehead atoms. The third kappa shape index (κ3) is 5.03. The van der Waals surface area contributed by atoms with Crippen LogP contribution in [0.2, 0.25) is 0 Å². The fourth-order valence-corrected chi connectivity index (χ4v) is 1.55. The van der Waals surface area contributed by atoms with Crippen LogP contribution in [0.25, 0.3) is 0 Å². The van der Waals surface area contributed by atoms with Crippen LogP contribution in [0.15, 0.2) is 18.2 Å². The maximum Gasteiger partial charge on any atom is 0.387 e. The number of carbonyl (C=O) groups excluding carboxylic acids is 2. The molecule has 0 aliphatic carbocycles. The summed E-state index contributed by atoms with van der Waals surface area (Å²) in [6.45, 7) is 0.168. The number of ketones is 1. The van der Waals surface area contributed by atoms with Crippen LogP contribution in [0, 0.1) is 0 Å². The molecule has 0 spiro atoms.